The number of benzene rings is 3. The maximum absolute atomic E-state index is 14.0. The maximum Gasteiger partial charge on any atom is 0.407 e. The van der Waals surface area contributed by atoms with Crippen LogP contribution in [0.5, 0.6) is 0 Å². The molecule has 3 aromatic carbocycles. The Labute approximate surface area is 363 Å². The molecule has 16 heteroatoms. The van der Waals surface area contributed by atoms with E-state index in [1.807, 2.05) is 43.3 Å². The minimum atomic E-state index is -0.787. The van der Waals surface area contributed by atoms with Crippen LogP contribution in [0.25, 0.3) is 44.4 Å². The molecule has 62 heavy (non-hydrogen) atoms. The van der Waals surface area contributed by atoms with Gasteiger partial charge in [0.25, 0.3) is 0 Å². The number of fused-ring (bicyclic) bond motifs is 1. The van der Waals surface area contributed by atoms with Gasteiger partial charge in [0.15, 0.2) is 0 Å². The van der Waals surface area contributed by atoms with Crippen molar-refractivity contribution in [3.8, 4) is 33.6 Å². The van der Waals surface area contributed by atoms with Gasteiger partial charge in [-0.3, -0.25) is 9.59 Å². The molecule has 4 heterocycles. The molecule has 2 aromatic heterocycles. The van der Waals surface area contributed by atoms with Crippen LogP contribution in [-0.4, -0.2) is 104 Å². The first-order chi connectivity index (χ1) is 29.9. The molecule has 2 aliphatic heterocycles. The minimum Gasteiger partial charge on any atom is -0.453 e. The van der Waals surface area contributed by atoms with Crippen molar-refractivity contribution in [2.45, 2.75) is 82.8 Å². The third kappa shape index (κ3) is 9.86. The van der Waals surface area contributed by atoms with Crippen LogP contribution in [0, 0.1) is 11.8 Å². The van der Waals surface area contributed by atoms with E-state index in [4.69, 9.17) is 24.2 Å². The number of imidazole rings is 2. The molecule has 2 aliphatic rings. The molecule has 1 radical (unpaired) electrons. The van der Waals surface area contributed by atoms with Gasteiger partial charge < -0.3 is 45.0 Å². The summed E-state index contributed by atoms with van der Waals surface area (Å²) < 4.78 is 15.2. The largest absolute Gasteiger partial charge is 0.453 e. The standard InChI is InChI=1S/C46H57N8O7Si/c1-27(2)39(52-45(57)59-3)43(55)51-37(26-62(5)6)41-47-25-36(50-41)34-18-17-31(32-10-7-8-11-33(32)34)28-13-15-29(16-14-28)35-24-48-42(49-35)38-12-9-21-54(38)44(56)40(53-46(58)60-4)30-19-22-61-23-20-30/h7-8,10-11,13-18,24-25,27,30,37-40H,9,12,19-23,26H2,1-6H3,(H,47,50)(H,48,49)(H,51,55)(H,52,57)(H,53,58)/t37-,38-,39-,40-/m0/s1. The zero-order valence-corrected chi connectivity index (χ0v) is 37.2. The highest BCUT2D eigenvalue weighted by Crippen LogP contribution is 2.37. The zero-order chi connectivity index (χ0) is 43.9. The number of amides is 4. The zero-order valence-electron chi connectivity index (χ0n) is 36.2. The summed E-state index contributed by atoms with van der Waals surface area (Å²) in [4.78, 5) is 70.2. The highest BCUT2D eigenvalue weighted by molar-refractivity contribution is 6.55. The average molecular weight is 862 g/mol. The van der Waals surface area contributed by atoms with Gasteiger partial charge in [-0.05, 0) is 71.0 Å². The van der Waals surface area contributed by atoms with Crippen LogP contribution < -0.4 is 16.0 Å². The van der Waals surface area contributed by atoms with E-state index in [0.29, 0.717) is 38.4 Å². The van der Waals surface area contributed by atoms with Crippen LogP contribution in [0.1, 0.15) is 63.3 Å². The number of nitrogens with zero attached hydrogens (tertiary/aromatic N) is 3. The summed E-state index contributed by atoms with van der Waals surface area (Å²) in [6.45, 7) is 9.83. The van der Waals surface area contributed by atoms with E-state index in [1.165, 1.54) is 14.2 Å². The molecule has 0 spiro atoms. The lowest BCUT2D eigenvalue weighted by Gasteiger charge is -2.34. The van der Waals surface area contributed by atoms with Gasteiger partial charge in [0, 0.05) is 34.1 Å². The topological polar surface area (TPSA) is 193 Å². The average Bonchev–Trinajstić information content (AvgIpc) is 4.09. The smallest absolute Gasteiger partial charge is 0.407 e. The summed E-state index contributed by atoms with van der Waals surface area (Å²) in [5, 5.41) is 10.8. The number of methoxy groups -OCH3 is 2. The Morgan fingerprint density at radius 1 is 0.806 bits per heavy atom. The van der Waals surface area contributed by atoms with Crippen molar-refractivity contribution in [2.75, 3.05) is 34.0 Å². The number of alkyl carbamates (subject to hydrolysis) is 2. The molecule has 15 nitrogen and oxygen atoms in total. The van der Waals surface area contributed by atoms with Crippen LogP contribution in [0.3, 0.4) is 0 Å². The minimum absolute atomic E-state index is 0.0360. The van der Waals surface area contributed by atoms with Crippen molar-refractivity contribution in [3.63, 3.8) is 0 Å². The van der Waals surface area contributed by atoms with E-state index < -0.39 is 33.1 Å². The number of aromatic amines is 2. The second-order valence-electron chi connectivity index (χ2n) is 16.7. The van der Waals surface area contributed by atoms with Crippen molar-refractivity contribution in [1.82, 2.24) is 40.8 Å². The van der Waals surface area contributed by atoms with Gasteiger partial charge in [0.1, 0.15) is 23.7 Å². The van der Waals surface area contributed by atoms with Gasteiger partial charge in [-0.2, -0.15) is 0 Å². The molecule has 2 fully saturated rings. The van der Waals surface area contributed by atoms with Crippen molar-refractivity contribution < 1.29 is 33.4 Å². The molecular formula is C46H57N8O7Si. The Hall–Kier alpha value is -6.00. The maximum atomic E-state index is 14.0. The van der Waals surface area contributed by atoms with E-state index in [9.17, 15) is 19.2 Å². The number of rotatable bonds is 14. The number of H-pyrrole nitrogens is 2. The highest BCUT2D eigenvalue weighted by Gasteiger charge is 2.40. The Morgan fingerprint density at radius 2 is 1.45 bits per heavy atom. The van der Waals surface area contributed by atoms with Gasteiger partial charge in [-0.15, -0.1) is 0 Å². The lowest BCUT2D eigenvalue weighted by molar-refractivity contribution is -0.136. The molecule has 0 saturated carbocycles. The molecule has 2 saturated heterocycles. The predicted molar refractivity (Wildman–Crippen MR) is 238 cm³/mol. The van der Waals surface area contributed by atoms with Crippen LogP contribution in [0.2, 0.25) is 19.1 Å². The fourth-order valence-corrected chi connectivity index (χ4v) is 9.75. The Morgan fingerprint density at radius 3 is 2.13 bits per heavy atom. The first kappa shape index (κ1) is 44.1. The third-order valence-electron chi connectivity index (χ3n) is 11.9. The van der Waals surface area contributed by atoms with E-state index in [2.05, 4.69) is 87.5 Å². The van der Waals surface area contributed by atoms with Crippen molar-refractivity contribution in [3.05, 3.63) is 84.7 Å². The molecule has 5 N–H and O–H groups in total. The summed E-state index contributed by atoms with van der Waals surface area (Å²) in [7, 11) is 1.80. The van der Waals surface area contributed by atoms with Gasteiger partial charge in [-0.1, -0.05) is 87.6 Å². The predicted octanol–water partition coefficient (Wildman–Crippen LogP) is 7.39. The van der Waals surface area contributed by atoms with E-state index >= 15 is 0 Å². The number of aromatic nitrogens is 4. The summed E-state index contributed by atoms with van der Waals surface area (Å²) in [6.07, 6.45) is 5.34. The molecule has 0 bridgehead atoms. The SMILES string of the molecule is COC(=O)N[C@H](C(=O)N[C@@H](C[Si](C)C)c1ncc(-c2ccc(-c3ccc(-c4cnc([C@@H]5CCCN5C(=O)[C@@H](NC(=O)OC)C5CCOCC5)[nH]4)cc3)c3ccccc23)[nH]1)C(C)C. The molecule has 0 unspecified atom stereocenters. The summed E-state index contributed by atoms with van der Waals surface area (Å²) in [5.41, 5.74) is 5.77. The van der Waals surface area contributed by atoms with E-state index in [1.54, 1.807) is 0 Å². The summed E-state index contributed by atoms with van der Waals surface area (Å²) in [6, 6.07) is 19.6. The molecule has 4 atom stereocenters. The van der Waals surface area contributed by atoms with Crippen molar-refractivity contribution in [2.24, 2.45) is 11.8 Å². The highest BCUT2D eigenvalue weighted by atomic mass is 28.3. The van der Waals surface area contributed by atoms with Crippen LogP contribution in [-0.2, 0) is 23.8 Å². The van der Waals surface area contributed by atoms with E-state index in [0.717, 1.165) is 69.1 Å². The lowest BCUT2D eigenvalue weighted by atomic mass is 9.90. The van der Waals surface area contributed by atoms with E-state index in [-0.39, 0.29) is 35.7 Å². The number of carbonyl (C=O) groups is 4. The monoisotopic (exact) mass is 861 g/mol. The van der Waals surface area contributed by atoms with Gasteiger partial charge in [0.2, 0.25) is 11.8 Å². The molecule has 327 valence electrons. The second kappa shape index (κ2) is 19.8. The number of hydrogen-bond acceptors (Lipinski definition) is 9. The summed E-state index contributed by atoms with van der Waals surface area (Å²) in [5.74, 6) is 0.783. The van der Waals surface area contributed by atoms with Crippen LogP contribution in [0.15, 0.2) is 73.1 Å². The molecular weight excluding hydrogens is 805 g/mol. The number of hydrogen-bond donors (Lipinski definition) is 5. The number of nitrogens with one attached hydrogen (secondary N) is 5. The van der Waals surface area contributed by atoms with Gasteiger partial charge in [-0.25, -0.2) is 19.6 Å². The normalized spacial score (nSPS) is 17.2. The molecule has 0 aliphatic carbocycles. The lowest BCUT2D eigenvalue weighted by Crippen LogP contribution is -2.53. The Kier molecular flexibility index (Phi) is 14.1. The Balaban J connectivity index is 1.09. The molecule has 5 aromatic rings. The molecule has 4 amide bonds. The third-order valence-corrected chi connectivity index (χ3v) is 13.1. The Bertz CT molecular complexity index is 2360. The summed E-state index contributed by atoms with van der Waals surface area (Å²) >= 11 is 0. The van der Waals surface area contributed by atoms with Crippen LogP contribution in [0.4, 0.5) is 9.59 Å². The van der Waals surface area contributed by atoms with Crippen LogP contribution >= 0.6 is 0 Å². The van der Waals surface area contributed by atoms with Crippen molar-refractivity contribution in [1.29, 1.82) is 0 Å². The second-order valence-corrected chi connectivity index (χ2v) is 19.6. The number of carbonyl (C=O) groups excluding carboxylic acids is 4. The quantitative estimate of drug-likeness (QED) is 0.0708. The van der Waals surface area contributed by atoms with Gasteiger partial charge >= 0.3 is 12.2 Å². The molecule has 7 rings (SSSR count). The fraction of sp³-hybridized carbons (Fsp3) is 0.435. The first-order valence-corrected chi connectivity index (χ1v) is 24.1. The number of ether oxygens (including phenoxy) is 3. The van der Waals surface area contributed by atoms with Crippen molar-refractivity contribution >= 4 is 43.6 Å². The van der Waals surface area contributed by atoms with Gasteiger partial charge in [0.05, 0.1) is 50.1 Å². The number of likely N-dealkylation sites (tertiary alicyclic amines) is 1. The fourth-order valence-electron chi connectivity index (χ4n) is 8.63. The first-order valence-electron chi connectivity index (χ1n) is 21.3.